The third kappa shape index (κ3) is 3.71. The van der Waals surface area contributed by atoms with Gasteiger partial charge in [0.25, 0.3) is 0 Å². The fraction of sp³-hybridized carbons (Fsp3) is 0.893. The minimum atomic E-state index is -1.74. The average molecular weight is 461 g/mol. The standard InChI is InChI=1S/C28H48O3Si/c1-18(29)25-24(30-7)17-23-21-11-10-19-16-20(31-32(8,9)26(2,3)4)12-14-27(19,5)22(21)13-15-28(23,25)6/h10,20-25H,11-17H2,1-9H3/t20-,21-,22+,23+,24+,25+,27-,28-/m0/s1. The van der Waals surface area contributed by atoms with Gasteiger partial charge in [0.2, 0.25) is 0 Å². The molecule has 0 aliphatic heterocycles. The Balaban J connectivity index is 1.56. The Morgan fingerprint density at radius 1 is 1.12 bits per heavy atom. The molecular formula is C28H48O3Si. The number of fused-ring (bicyclic) bond motifs is 5. The van der Waals surface area contributed by atoms with Crippen LogP contribution in [0.3, 0.4) is 0 Å². The van der Waals surface area contributed by atoms with Crippen molar-refractivity contribution in [3.63, 3.8) is 0 Å². The number of carbonyl (C=O) groups excluding carboxylic acids is 1. The van der Waals surface area contributed by atoms with Crippen LogP contribution in [-0.2, 0) is 14.0 Å². The summed E-state index contributed by atoms with van der Waals surface area (Å²) in [6.07, 6.45) is 11.4. The number of carbonyl (C=O) groups is 1. The van der Waals surface area contributed by atoms with Gasteiger partial charge in [-0.15, -0.1) is 0 Å². The molecule has 32 heavy (non-hydrogen) atoms. The maximum atomic E-state index is 12.6. The summed E-state index contributed by atoms with van der Waals surface area (Å²) in [5.74, 6) is 2.46. The predicted molar refractivity (Wildman–Crippen MR) is 134 cm³/mol. The van der Waals surface area contributed by atoms with Gasteiger partial charge in [-0.2, -0.15) is 0 Å². The van der Waals surface area contributed by atoms with Crippen molar-refractivity contribution in [3.05, 3.63) is 11.6 Å². The highest BCUT2D eigenvalue weighted by Gasteiger charge is 2.62. The lowest BCUT2D eigenvalue weighted by atomic mass is 9.47. The van der Waals surface area contributed by atoms with Gasteiger partial charge in [0.15, 0.2) is 8.32 Å². The fourth-order valence-corrected chi connectivity index (χ4v) is 9.66. The van der Waals surface area contributed by atoms with Crippen LogP contribution >= 0.6 is 0 Å². The van der Waals surface area contributed by atoms with Crippen LogP contribution in [0.5, 0.6) is 0 Å². The summed E-state index contributed by atoms with van der Waals surface area (Å²) in [6.45, 7) is 18.6. The third-order valence-corrected chi connectivity index (χ3v) is 15.6. The number of hydrogen-bond acceptors (Lipinski definition) is 3. The van der Waals surface area contributed by atoms with Crippen LogP contribution < -0.4 is 0 Å². The molecule has 3 fully saturated rings. The summed E-state index contributed by atoms with van der Waals surface area (Å²) < 4.78 is 12.8. The molecule has 3 saturated carbocycles. The number of rotatable bonds is 4. The number of allylic oxidation sites excluding steroid dienone is 1. The highest BCUT2D eigenvalue weighted by molar-refractivity contribution is 6.74. The highest BCUT2D eigenvalue weighted by atomic mass is 28.4. The van der Waals surface area contributed by atoms with Gasteiger partial charge in [-0.05, 0) is 98.6 Å². The van der Waals surface area contributed by atoms with Gasteiger partial charge in [-0.3, -0.25) is 4.79 Å². The van der Waals surface area contributed by atoms with Crippen LogP contribution in [0.1, 0.15) is 86.5 Å². The zero-order chi connectivity index (χ0) is 23.7. The molecule has 182 valence electrons. The summed E-state index contributed by atoms with van der Waals surface area (Å²) >= 11 is 0. The maximum absolute atomic E-state index is 12.6. The van der Waals surface area contributed by atoms with Crippen molar-refractivity contribution in [2.75, 3.05) is 7.11 Å². The normalized spacial score (nSPS) is 44.3. The lowest BCUT2D eigenvalue weighted by Crippen LogP contribution is -2.52. The van der Waals surface area contributed by atoms with Gasteiger partial charge in [-0.25, -0.2) is 0 Å². The Labute approximate surface area is 198 Å². The van der Waals surface area contributed by atoms with Crippen molar-refractivity contribution in [2.24, 2.45) is 34.5 Å². The largest absolute Gasteiger partial charge is 0.414 e. The van der Waals surface area contributed by atoms with E-state index in [1.54, 1.807) is 12.5 Å². The summed E-state index contributed by atoms with van der Waals surface area (Å²) in [5, 5.41) is 0.265. The maximum Gasteiger partial charge on any atom is 0.192 e. The molecule has 4 aliphatic rings. The van der Waals surface area contributed by atoms with Gasteiger partial charge in [0.1, 0.15) is 5.78 Å². The molecule has 0 aromatic rings. The first kappa shape index (κ1) is 24.7. The molecule has 0 amide bonds. The van der Waals surface area contributed by atoms with Gasteiger partial charge in [-0.1, -0.05) is 46.3 Å². The second kappa shape index (κ2) is 8.05. The zero-order valence-electron chi connectivity index (χ0n) is 22.2. The smallest absolute Gasteiger partial charge is 0.192 e. The Morgan fingerprint density at radius 2 is 1.81 bits per heavy atom. The molecule has 0 radical (unpaired) electrons. The molecule has 4 aliphatic carbocycles. The molecule has 0 N–H and O–H groups in total. The van der Waals surface area contributed by atoms with Crippen LogP contribution in [0.2, 0.25) is 18.1 Å². The van der Waals surface area contributed by atoms with E-state index in [-0.39, 0.29) is 22.5 Å². The topological polar surface area (TPSA) is 35.5 Å². The predicted octanol–water partition coefficient (Wildman–Crippen LogP) is 7.17. The Morgan fingerprint density at radius 3 is 2.41 bits per heavy atom. The second-order valence-electron chi connectivity index (χ2n) is 13.6. The molecule has 8 atom stereocenters. The number of methoxy groups -OCH3 is 1. The van der Waals surface area contributed by atoms with Crippen LogP contribution in [0, 0.1) is 34.5 Å². The minimum Gasteiger partial charge on any atom is -0.414 e. The molecular weight excluding hydrogens is 412 g/mol. The minimum absolute atomic E-state index is 0.0744. The lowest BCUT2D eigenvalue weighted by Gasteiger charge is -2.58. The summed E-state index contributed by atoms with van der Waals surface area (Å²) in [5.41, 5.74) is 2.11. The third-order valence-electron chi connectivity index (χ3n) is 11.1. The van der Waals surface area contributed by atoms with E-state index in [4.69, 9.17) is 9.16 Å². The molecule has 0 unspecified atom stereocenters. The van der Waals surface area contributed by atoms with E-state index in [1.165, 1.54) is 32.1 Å². The summed E-state index contributed by atoms with van der Waals surface area (Å²) in [7, 11) is 0.0694. The highest BCUT2D eigenvalue weighted by Crippen LogP contribution is 2.66. The zero-order valence-corrected chi connectivity index (χ0v) is 23.2. The van der Waals surface area contributed by atoms with E-state index in [9.17, 15) is 4.79 Å². The number of ketones is 1. The van der Waals surface area contributed by atoms with E-state index in [2.05, 4.69) is 53.8 Å². The first-order valence-electron chi connectivity index (χ1n) is 13.1. The van der Waals surface area contributed by atoms with E-state index >= 15 is 0 Å². The lowest BCUT2D eigenvalue weighted by molar-refractivity contribution is -0.131. The van der Waals surface area contributed by atoms with Crippen molar-refractivity contribution in [2.45, 2.75) is 117 Å². The van der Waals surface area contributed by atoms with E-state index in [0.29, 0.717) is 29.1 Å². The van der Waals surface area contributed by atoms with Crippen molar-refractivity contribution in [1.82, 2.24) is 0 Å². The van der Waals surface area contributed by atoms with Gasteiger partial charge in [0, 0.05) is 19.1 Å². The van der Waals surface area contributed by atoms with E-state index < -0.39 is 8.32 Å². The van der Waals surface area contributed by atoms with Crippen LogP contribution in [0.25, 0.3) is 0 Å². The summed E-state index contributed by atoms with van der Waals surface area (Å²) in [4.78, 5) is 12.6. The molecule has 0 saturated heterocycles. The molecule has 4 rings (SSSR count). The Kier molecular flexibility index (Phi) is 6.21. The molecule has 4 heteroatoms. The monoisotopic (exact) mass is 460 g/mol. The van der Waals surface area contributed by atoms with Gasteiger partial charge in [0.05, 0.1) is 6.10 Å². The molecule has 0 aromatic heterocycles. The Hall–Kier alpha value is -0.453. The fourth-order valence-electron chi connectivity index (χ4n) is 8.27. The average Bonchev–Trinajstić information content (AvgIpc) is 2.99. The van der Waals surface area contributed by atoms with E-state index in [0.717, 1.165) is 18.8 Å². The molecule has 0 spiro atoms. The molecule has 0 heterocycles. The molecule has 3 nitrogen and oxygen atoms in total. The molecule has 0 aromatic carbocycles. The Bertz CT molecular complexity index is 780. The van der Waals surface area contributed by atoms with Crippen LogP contribution in [-0.4, -0.2) is 33.4 Å². The first-order chi connectivity index (χ1) is 14.7. The molecule has 0 bridgehead atoms. The quantitative estimate of drug-likeness (QED) is 0.329. The first-order valence-corrected chi connectivity index (χ1v) is 16.1. The van der Waals surface area contributed by atoms with Crippen molar-refractivity contribution in [3.8, 4) is 0 Å². The van der Waals surface area contributed by atoms with Crippen LogP contribution in [0.15, 0.2) is 11.6 Å². The summed E-state index contributed by atoms with van der Waals surface area (Å²) in [6, 6.07) is 0. The van der Waals surface area contributed by atoms with Crippen molar-refractivity contribution < 1.29 is 14.0 Å². The van der Waals surface area contributed by atoms with Crippen LogP contribution in [0.4, 0.5) is 0 Å². The van der Waals surface area contributed by atoms with Gasteiger partial charge >= 0.3 is 0 Å². The number of Topliss-reactive ketones (excluding diaryl/α,β-unsaturated/α-hetero) is 1. The number of ether oxygens (including phenoxy) is 1. The van der Waals surface area contributed by atoms with E-state index in [1.807, 2.05) is 7.11 Å². The van der Waals surface area contributed by atoms with Crippen molar-refractivity contribution in [1.29, 1.82) is 0 Å². The van der Waals surface area contributed by atoms with Gasteiger partial charge < -0.3 is 9.16 Å². The second-order valence-corrected chi connectivity index (χ2v) is 18.4. The van der Waals surface area contributed by atoms with Crippen molar-refractivity contribution >= 4 is 14.1 Å². The number of hydrogen-bond donors (Lipinski definition) is 0. The SMILES string of the molecule is CO[C@@H]1C[C@@H]2[C@H]3CC=C4C[C@@H](O[Si](C)(C)C(C)(C)C)CC[C@]4(C)[C@@H]3CC[C@]2(C)[C@@H]1C(C)=O.